The van der Waals surface area contributed by atoms with Gasteiger partial charge in [0, 0.05) is 49.0 Å². The van der Waals surface area contributed by atoms with Gasteiger partial charge in [-0.2, -0.15) is 0 Å². The minimum Gasteiger partial charge on any atom is -0.468 e. The van der Waals surface area contributed by atoms with E-state index < -0.39 is 0 Å². The second-order valence-electron chi connectivity index (χ2n) is 6.90. The average Bonchev–Trinajstić information content (AvgIpc) is 2.72. The first kappa shape index (κ1) is 21.5. The monoisotopic (exact) mass is 462 g/mol. The SMILES string of the molecule is COC(=O)CN1CCN(CCCNc2cc(Nc3cccc(Br)c3)ncn2)CC1. The molecule has 2 aromatic rings. The second kappa shape index (κ2) is 11.1. The van der Waals surface area contributed by atoms with Gasteiger partial charge in [-0.05, 0) is 31.2 Å². The summed E-state index contributed by atoms with van der Waals surface area (Å²) < 4.78 is 5.74. The van der Waals surface area contributed by atoms with Crippen molar-refractivity contribution in [3.8, 4) is 0 Å². The second-order valence-corrected chi connectivity index (χ2v) is 7.81. The van der Waals surface area contributed by atoms with Crippen LogP contribution in [0.2, 0.25) is 0 Å². The van der Waals surface area contributed by atoms with Crippen molar-refractivity contribution in [1.29, 1.82) is 0 Å². The molecule has 0 atom stereocenters. The number of carbonyl (C=O) groups excluding carboxylic acids is 1. The molecule has 1 aromatic carbocycles. The Labute approximate surface area is 179 Å². The van der Waals surface area contributed by atoms with Gasteiger partial charge in [-0.1, -0.05) is 22.0 Å². The standard InChI is InChI=1S/C20H27BrN6O2/c1-29-20(28)14-27-10-8-26(9-11-27)7-3-6-22-18-13-19(24-15-23-18)25-17-5-2-4-16(21)12-17/h2,4-5,12-13,15H,3,6-11,14H2,1H3,(H2,22,23,24,25). The zero-order valence-corrected chi connectivity index (χ0v) is 18.2. The van der Waals surface area contributed by atoms with Crippen LogP contribution in [0.4, 0.5) is 17.3 Å². The highest BCUT2D eigenvalue weighted by atomic mass is 79.9. The Kier molecular flexibility index (Phi) is 8.21. The molecule has 0 spiro atoms. The van der Waals surface area contributed by atoms with Gasteiger partial charge in [-0.25, -0.2) is 9.97 Å². The molecule has 8 nitrogen and oxygen atoms in total. The number of methoxy groups -OCH3 is 1. The van der Waals surface area contributed by atoms with Gasteiger partial charge in [-0.15, -0.1) is 0 Å². The molecule has 9 heteroatoms. The number of nitrogens with one attached hydrogen (secondary N) is 2. The van der Waals surface area contributed by atoms with Gasteiger partial charge in [0.05, 0.1) is 13.7 Å². The normalized spacial score (nSPS) is 15.1. The van der Waals surface area contributed by atoms with Crippen molar-refractivity contribution in [3.63, 3.8) is 0 Å². The number of hydrogen-bond donors (Lipinski definition) is 2. The average molecular weight is 463 g/mol. The number of carbonyl (C=O) groups is 1. The number of benzene rings is 1. The molecule has 0 unspecified atom stereocenters. The Hall–Kier alpha value is -2.23. The van der Waals surface area contributed by atoms with Gasteiger partial charge in [0.1, 0.15) is 18.0 Å². The largest absolute Gasteiger partial charge is 0.468 e. The van der Waals surface area contributed by atoms with E-state index in [0.717, 1.165) is 67.5 Å². The predicted molar refractivity (Wildman–Crippen MR) is 117 cm³/mol. The molecular weight excluding hydrogens is 436 g/mol. The van der Waals surface area contributed by atoms with Crippen LogP contribution in [0.15, 0.2) is 41.1 Å². The van der Waals surface area contributed by atoms with Gasteiger partial charge in [0.15, 0.2) is 0 Å². The lowest BCUT2D eigenvalue weighted by molar-refractivity contribution is -0.142. The molecule has 1 fully saturated rings. The Balaban J connectivity index is 1.36. The van der Waals surface area contributed by atoms with E-state index in [1.165, 1.54) is 7.11 Å². The van der Waals surface area contributed by atoms with E-state index in [9.17, 15) is 4.79 Å². The summed E-state index contributed by atoms with van der Waals surface area (Å²) in [5, 5.41) is 6.65. The molecule has 2 heterocycles. The topological polar surface area (TPSA) is 82.6 Å². The molecule has 0 aliphatic carbocycles. The van der Waals surface area contributed by atoms with Crippen LogP contribution in [0, 0.1) is 0 Å². The molecule has 156 valence electrons. The first-order valence-corrected chi connectivity index (χ1v) is 10.5. The smallest absolute Gasteiger partial charge is 0.319 e. The lowest BCUT2D eigenvalue weighted by Crippen LogP contribution is -2.48. The summed E-state index contributed by atoms with van der Waals surface area (Å²) >= 11 is 3.47. The fourth-order valence-electron chi connectivity index (χ4n) is 3.17. The lowest BCUT2D eigenvalue weighted by atomic mass is 10.3. The molecule has 29 heavy (non-hydrogen) atoms. The lowest BCUT2D eigenvalue weighted by Gasteiger charge is -2.33. The summed E-state index contributed by atoms with van der Waals surface area (Å²) in [5.41, 5.74) is 0.968. The third-order valence-corrected chi connectivity index (χ3v) is 5.26. The number of anilines is 3. The molecule has 2 N–H and O–H groups in total. The van der Waals surface area contributed by atoms with Gasteiger partial charge in [0.25, 0.3) is 0 Å². The Morgan fingerprint density at radius 2 is 1.90 bits per heavy atom. The number of ether oxygens (including phenoxy) is 1. The third-order valence-electron chi connectivity index (χ3n) is 4.77. The minimum atomic E-state index is -0.166. The molecular formula is C20H27BrN6O2. The number of esters is 1. The van der Waals surface area contributed by atoms with Gasteiger partial charge < -0.3 is 20.3 Å². The van der Waals surface area contributed by atoms with E-state index in [1.54, 1.807) is 6.33 Å². The number of hydrogen-bond acceptors (Lipinski definition) is 8. The van der Waals surface area contributed by atoms with Crippen molar-refractivity contribution in [2.24, 2.45) is 0 Å². The summed E-state index contributed by atoms with van der Waals surface area (Å²) in [4.78, 5) is 24.5. The van der Waals surface area contributed by atoms with Crippen molar-refractivity contribution >= 4 is 39.2 Å². The van der Waals surface area contributed by atoms with Crippen LogP contribution >= 0.6 is 15.9 Å². The van der Waals surface area contributed by atoms with E-state index >= 15 is 0 Å². The van der Waals surface area contributed by atoms with Crippen molar-refractivity contribution in [2.75, 3.05) is 63.6 Å². The van der Waals surface area contributed by atoms with Crippen LogP contribution in [-0.4, -0.2) is 78.7 Å². The van der Waals surface area contributed by atoms with E-state index in [1.807, 2.05) is 30.3 Å². The summed E-state index contributed by atoms with van der Waals surface area (Å²) in [6.07, 6.45) is 2.58. The molecule has 1 saturated heterocycles. The van der Waals surface area contributed by atoms with Crippen LogP contribution in [0.1, 0.15) is 6.42 Å². The summed E-state index contributed by atoms with van der Waals surface area (Å²) in [6.45, 7) is 6.01. The van der Waals surface area contributed by atoms with E-state index in [-0.39, 0.29) is 5.97 Å². The van der Waals surface area contributed by atoms with Crippen molar-refractivity contribution in [2.45, 2.75) is 6.42 Å². The molecule has 0 saturated carbocycles. The Morgan fingerprint density at radius 1 is 1.14 bits per heavy atom. The number of rotatable bonds is 9. The first-order chi connectivity index (χ1) is 14.1. The minimum absolute atomic E-state index is 0.166. The highest BCUT2D eigenvalue weighted by molar-refractivity contribution is 9.10. The van der Waals surface area contributed by atoms with Gasteiger partial charge in [0.2, 0.25) is 0 Å². The number of nitrogens with zero attached hydrogens (tertiary/aromatic N) is 4. The fraction of sp³-hybridized carbons (Fsp3) is 0.450. The molecule has 0 bridgehead atoms. The van der Waals surface area contributed by atoms with E-state index in [0.29, 0.717) is 6.54 Å². The highest BCUT2D eigenvalue weighted by Crippen LogP contribution is 2.20. The van der Waals surface area contributed by atoms with Crippen LogP contribution < -0.4 is 10.6 Å². The van der Waals surface area contributed by atoms with Crippen LogP contribution in [0.25, 0.3) is 0 Å². The number of aromatic nitrogens is 2. The summed E-state index contributed by atoms with van der Waals surface area (Å²) in [7, 11) is 1.43. The van der Waals surface area contributed by atoms with Crippen molar-refractivity contribution in [1.82, 2.24) is 19.8 Å². The number of halogens is 1. The summed E-state index contributed by atoms with van der Waals surface area (Å²) in [5.74, 6) is 1.39. The maximum atomic E-state index is 11.3. The fourth-order valence-corrected chi connectivity index (χ4v) is 3.57. The third kappa shape index (κ3) is 7.26. The predicted octanol–water partition coefficient (Wildman–Crippen LogP) is 2.58. The van der Waals surface area contributed by atoms with Crippen LogP contribution in [0.3, 0.4) is 0 Å². The zero-order valence-electron chi connectivity index (χ0n) is 16.6. The highest BCUT2D eigenvalue weighted by Gasteiger charge is 2.18. The Morgan fingerprint density at radius 3 is 2.66 bits per heavy atom. The molecule has 1 aromatic heterocycles. The van der Waals surface area contributed by atoms with Gasteiger partial charge >= 0.3 is 5.97 Å². The summed E-state index contributed by atoms with van der Waals surface area (Å²) in [6, 6.07) is 9.86. The first-order valence-electron chi connectivity index (χ1n) is 9.72. The molecule has 3 rings (SSSR count). The van der Waals surface area contributed by atoms with Gasteiger partial charge in [-0.3, -0.25) is 9.69 Å². The van der Waals surface area contributed by atoms with Crippen LogP contribution in [0.5, 0.6) is 0 Å². The molecule has 1 aliphatic heterocycles. The van der Waals surface area contributed by atoms with Crippen molar-refractivity contribution in [3.05, 3.63) is 41.1 Å². The maximum absolute atomic E-state index is 11.3. The molecule has 0 radical (unpaired) electrons. The Bertz CT molecular complexity index is 798. The van der Waals surface area contributed by atoms with Crippen molar-refractivity contribution < 1.29 is 9.53 Å². The zero-order chi connectivity index (χ0) is 20.5. The maximum Gasteiger partial charge on any atom is 0.319 e. The molecule has 0 amide bonds. The van der Waals surface area contributed by atoms with Crippen LogP contribution in [-0.2, 0) is 9.53 Å². The van der Waals surface area contributed by atoms with E-state index in [2.05, 4.69) is 46.3 Å². The molecule has 1 aliphatic rings. The quantitative estimate of drug-likeness (QED) is 0.434. The number of piperazine rings is 1. The van der Waals surface area contributed by atoms with E-state index in [4.69, 9.17) is 4.74 Å².